The van der Waals surface area contributed by atoms with Crippen molar-refractivity contribution in [3.8, 4) is 0 Å². The van der Waals surface area contributed by atoms with Crippen LogP contribution in [0.4, 0.5) is 0 Å². The van der Waals surface area contributed by atoms with Crippen molar-refractivity contribution < 1.29 is 4.79 Å². The van der Waals surface area contributed by atoms with E-state index in [0.717, 1.165) is 38.0 Å². The molecule has 0 aromatic heterocycles. The summed E-state index contributed by atoms with van der Waals surface area (Å²) < 4.78 is 0. The zero-order valence-electron chi connectivity index (χ0n) is 10.3. The Morgan fingerprint density at radius 1 is 1.56 bits per heavy atom. The number of unbranched alkanes of at least 4 members (excludes halogenated alkanes) is 1. The number of amides is 1. The number of nitrogens with two attached hydrogens (primary N) is 1. The van der Waals surface area contributed by atoms with Gasteiger partial charge in [0.1, 0.15) is 0 Å². The first-order valence-electron chi connectivity index (χ1n) is 6.11. The number of allylic oxidation sites excluding steroid dienone is 2. The molecule has 16 heavy (non-hydrogen) atoms. The van der Waals surface area contributed by atoms with Gasteiger partial charge in [-0.1, -0.05) is 25.5 Å². The van der Waals surface area contributed by atoms with Gasteiger partial charge in [0.2, 0.25) is 5.91 Å². The Balaban J connectivity index is 2.52. The van der Waals surface area contributed by atoms with E-state index < -0.39 is 0 Å². The average molecular weight is 222 g/mol. The third-order valence-corrected chi connectivity index (χ3v) is 2.92. The molecule has 0 heterocycles. The predicted octanol–water partition coefficient (Wildman–Crippen LogP) is 2.05. The van der Waals surface area contributed by atoms with E-state index in [-0.39, 0.29) is 11.8 Å². The molecule has 0 aliphatic heterocycles. The van der Waals surface area contributed by atoms with Crippen LogP contribution in [0, 0.1) is 5.92 Å². The minimum atomic E-state index is -0.0101. The molecule has 1 atom stereocenters. The summed E-state index contributed by atoms with van der Waals surface area (Å²) in [4.78, 5) is 14.1. The van der Waals surface area contributed by atoms with Gasteiger partial charge in [0.05, 0.1) is 5.92 Å². The zero-order chi connectivity index (χ0) is 12.0. The molecule has 0 radical (unpaired) electrons. The average Bonchev–Trinajstić information content (AvgIpc) is 2.30. The SMILES string of the molecule is CCCCN(CC)C(=O)C1C=CC(N)=CC1. The molecule has 0 spiro atoms. The van der Waals surface area contributed by atoms with Crippen LogP contribution in [0.25, 0.3) is 0 Å². The van der Waals surface area contributed by atoms with Gasteiger partial charge in [-0.3, -0.25) is 4.79 Å². The molecule has 0 aromatic carbocycles. The van der Waals surface area contributed by atoms with Gasteiger partial charge in [-0.2, -0.15) is 0 Å². The van der Waals surface area contributed by atoms with Gasteiger partial charge in [-0.05, 0) is 25.8 Å². The second-order valence-electron chi connectivity index (χ2n) is 4.18. The van der Waals surface area contributed by atoms with E-state index in [4.69, 9.17) is 5.73 Å². The largest absolute Gasteiger partial charge is 0.399 e. The van der Waals surface area contributed by atoms with Gasteiger partial charge in [-0.15, -0.1) is 0 Å². The van der Waals surface area contributed by atoms with E-state index >= 15 is 0 Å². The van der Waals surface area contributed by atoms with Crippen molar-refractivity contribution in [2.24, 2.45) is 11.7 Å². The molecule has 2 N–H and O–H groups in total. The zero-order valence-corrected chi connectivity index (χ0v) is 10.3. The summed E-state index contributed by atoms with van der Waals surface area (Å²) in [6, 6.07) is 0. The first-order valence-corrected chi connectivity index (χ1v) is 6.11. The first kappa shape index (κ1) is 12.8. The fourth-order valence-electron chi connectivity index (χ4n) is 1.83. The maximum atomic E-state index is 12.1. The van der Waals surface area contributed by atoms with Crippen LogP contribution >= 0.6 is 0 Å². The lowest BCUT2D eigenvalue weighted by Gasteiger charge is -2.25. The molecular formula is C13H22N2O. The van der Waals surface area contributed by atoms with Crippen LogP contribution in [0.15, 0.2) is 23.9 Å². The molecule has 1 unspecified atom stereocenters. The van der Waals surface area contributed by atoms with Gasteiger partial charge >= 0.3 is 0 Å². The first-order chi connectivity index (χ1) is 7.69. The van der Waals surface area contributed by atoms with Gasteiger partial charge in [0, 0.05) is 18.8 Å². The van der Waals surface area contributed by atoms with Crippen molar-refractivity contribution >= 4 is 5.91 Å². The molecule has 1 rings (SSSR count). The Bertz CT molecular complexity index is 294. The van der Waals surface area contributed by atoms with Gasteiger partial charge < -0.3 is 10.6 Å². The van der Waals surface area contributed by atoms with Crippen LogP contribution < -0.4 is 5.73 Å². The third-order valence-electron chi connectivity index (χ3n) is 2.92. The number of carbonyl (C=O) groups excluding carboxylic acids is 1. The minimum Gasteiger partial charge on any atom is -0.399 e. The number of hydrogen-bond acceptors (Lipinski definition) is 2. The summed E-state index contributed by atoms with van der Waals surface area (Å²) in [6.07, 6.45) is 8.62. The topological polar surface area (TPSA) is 46.3 Å². The Labute approximate surface area is 98.0 Å². The molecule has 3 nitrogen and oxygen atoms in total. The third kappa shape index (κ3) is 3.40. The Morgan fingerprint density at radius 2 is 2.31 bits per heavy atom. The van der Waals surface area contributed by atoms with Crippen LogP contribution in [0.5, 0.6) is 0 Å². The molecular weight excluding hydrogens is 200 g/mol. The lowest BCUT2D eigenvalue weighted by Crippen LogP contribution is -2.36. The Kier molecular flexibility index (Phi) is 5.09. The lowest BCUT2D eigenvalue weighted by atomic mass is 9.98. The number of carbonyl (C=O) groups is 1. The van der Waals surface area contributed by atoms with E-state index in [9.17, 15) is 4.79 Å². The maximum absolute atomic E-state index is 12.1. The number of hydrogen-bond donors (Lipinski definition) is 1. The molecule has 0 bridgehead atoms. The monoisotopic (exact) mass is 222 g/mol. The summed E-state index contributed by atoms with van der Waals surface area (Å²) in [5.41, 5.74) is 6.40. The highest BCUT2D eigenvalue weighted by molar-refractivity contribution is 5.81. The van der Waals surface area contributed by atoms with Crippen LogP contribution in [-0.2, 0) is 4.79 Å². The summed E-state index contributed by atoms with van der Waals surface area (Å²) in [5.74, 6) is 0.222. The predicted molar refractivity (Wildman–Crippen MR) is 66.7 cm³/mol. The molecule has 1 aliphatic carbocycles. The summed E-state index contributed by atoms with van der Waals surface area (Å²) in [7, 11) is 0. The summed E-state index contributed by atoms with van der Waals surface area (Å²) in [6.45, 7) is 5.84. The van der Waals surface area contributed by atoms with Crippen LogP contribution in [0.2, 0.25) is 0 Å². The standard InChI is InChI=1S/C13H22N2O/c1-3-5-10-15(4-2)13(16)11-6-8-12(14)9-7-11/h6,8-9,11H,3-5,7,10,14H2,1-2H3. The van der Waals surface area contributed by atoms with E-state index in [0.29, 0.717) is 0 Å². The number of nitrogens with zero attached hydrogens (tertiary/aromatic N) is 1. The second-order valence-corrected chi connectivity index (χ2v) is 4.18. The molecule has 1 aliphatic rings. The van der Waals surface area contributed by atoms with Gasteiger partial charge in [0.25, 0.3) is 0 Å². The van der Waals surface area contributed by atoms with E-state index in [2.05, 4.69) is 6.92 Å². The second kappa shape index (κ2) is 6.36. The van der Waals surface area contributed by atoms with Crippen LogP contribution in [0.1, 0.15) is 33.1 Å². The maximum Gasteiger partial charge on any atom is 0.229 e. The van der Waals surface area contributed by atoms with Crippen LogP contribution in [0.3, 0.4) is 0 Å². The summed E-state index contributed by atoms with van der Waals surface area (Å²) in [5, 5.41) is 0. The minimum absolute atomic E-state index is 0.0101. The molecule has 0 aromatic rings. The van der Waals surface area contributed by atoms with E-state index in [1.807, 2.05) is 30.1 Å². The quantitative estimate of drug-likeness (QED) is 0.774. The highest BCUT2D eigenvalue weighted by atomic mass is 16.2. The molecule has 0 saturated carbocycles. The van der Waals surface area contributed by atoms with Crippen molar-refractivity contribution in [3.63, 3.8) is 0 Å². The Hall–Kier alpha value is -1.25. The molecule has 0 fully saturated rings. The van der Waals surface area contributed by atoms with Crippen molar-refractivity contribution in [3.05, 3.63) is 23.9 Å². The van der Waals surface area contributed by atoms with Crippen molar-refractivity contribution in [2.45, 2.75) is 33.1 Å². The van der Waals surface area contributed by atoms with Gasteiger partial charge in [0.15, 0.2) is 0 Å². The highest BCUT2D eigenvalue weighted by Crippen LogP contribution is 2.17. The van der Waals surface area contributed by atoms with E-state index in [1.165, 1.54) is 0 Å². The van der Waals surface area contributed by atoms with Crippen molar-refractivity contribution in [1.29, 1.82) is 0 Å². The highest BCUT2D eigenvalue weighted by Gasteiger charge is 2.21. The number of rotatable bonds is 5. The molecule has 3 heteroatoms. The summed E-state index contributed by atoms with van der Waals surface area (Å²) >= 11 is 0. The smallest absolute Gasteiger partial charge is 0.229 e. The van der Waals surface area contributed by atoms with Crippen LogP contribution in [-0.4, -0.2) is 23.9 Å². The fourth-order valence-corrected chi connectivity index (χ4v) is 1.83. The molecule has 1 amide bonds. The normalized spacial score (nSPS) is 19.4. The van der Waals surface area contributed by atoms with Gasteiger partial charge in [-0.25, -0.2) is 0 Å². The van der Waals surface area contributed by atoms with Crippen molar-refractivity contribution in [2.75, 3.05) is 13.1 Å². The van der Waals surface area contributed by atoms with Crippen molar-refractivity contribution in [1.82, 2.24) is 4.90 Å². The lowest BCUT2D eigenvalue weighted by molar-refractivity contribution is -0.133. The molecule has 90 valence electrons. The van der Waals surface area contributed by atoms with E-state index in [1.54, 1.807) is 0 Å². The fraction of sp³-hybridized carbons (Fsp3) is 0.615. The Morgan fingerprint density at radius 3 is 2.81 bits per heavy atom. The molecule has 0 saturated heterocycles.